The van der Waals surface area contributed by atoms with Gasteiger partial charge in [-0.1, -0.05) is 24.3 Å². The van der Waals surface area contributed by atoms with E-state index in [1.54, 1.807) is 19.2 Å². The largest absolute Gasteiger partial charge is 0.462 e. The van der Waals surface area contributed by atoms with E-state index < -0.39 is 5.97 Å². The highest BCUT2D eigenvalue weighted by Gasteiger charge is 2.16. The van der Waals surface area contributed by atoms with Gasteiger partial charge in [0.05, 0.1) is 28.4 Å². The van der Waals surface area contributed by atoms with Crippen LogP contribution in [-0.4, -0.2) is 27.5 Å². The lowest BCUT2D eigenvalue weighted by Crippen LogP contribution is -2.06. The molecule has 0 unspecified atom stereocenters. The SMILES string of the molecule is C=Cc1cc(-c2ccc3ncc(C(=O)OCC)c(Cl)c3n2)cnc1C. The summed E-state index contributed by atoms with van der Waals surface area (Å²) in [6, 6.07) is 5.61. The van der Waals surface area contributed by atoms with E-state index in [2.05, 4.69) is 21.5 Å². The number of aromatic nitrogens is 3. The highest BCUT2D eigenvalue weighted by atomic mass is 35.5. The summed E-state index contributed by atoms with van der Waals surface area (Å²) in [4.78, 5) is 25.2. The molecule has 25 heavy (non-hydrogen) atoms. The molecule has 0 saturated heterocycles. The first-order valence-corrected chi connectivity index (χ1v) is 8.14. The molecule has 0 spiro atoms. The van der Waals surface area contributed by atoms with Gasteiger partial charge in [0.1, 0.15) is 5.52 Å². The zero-order chi connectivity index (χ0) is 18.0. The number of aryl methyl sites for hydroxylation is 1. The Morgan fingerprint density at radius 2 is 2.12 bits per heavy atom. The van der Waals surface area contributed by atoms with Crippen molar-refractivity contribution in [2.75, 3.05) is 6.61 Å². The van der Waals surface area contributed by atoms with Crippen LogP contribution >= 0.6 is 11.6 Å². The van der Waals surface area contributed by atoms with E-state index >= 15 is 0 Å². The molecule has 0 amide bonds. The number of carbonyl (C=O) groups excluding carboxylic acids is 1. The first-order chi connectivity index (χ1) is 12.0. The Morgan fingerprint density at radius 1 is 1.32 bits per heavy atom. The van der Waals surface area contributed by atoms with Gasteiger partial charge in [-0.25, -0.2) is 9.78 Å². The Kier molecular flexibility index (Phi) is 4.76. The topological polar surface area (TPSA) is 65.0 Å². The van der Waals surface area contributed by atoms with Crippen LogP contribution in [0.5, 0.6) is 0 Å². The summed E-state index contributed by atoms with van der Waals surface area (Å²) in [5, 5.41) is 0.231. The fourth-order valence-corrected chi connectivity index (χ4v) is 2.71. The Bertz CT molecular complexity index is 986. The third kappa shape index (κ3) is 3.23. The van der Waals surface area contributed by atoms with Crippen LogP contribution in [0.1, 0.15) is 28.5 Å². The average molecular weight is 354 g/mol. The zero-order valence-electron chi connectivity index (χ0n) is 13.9. The second kappa shape index (κ2) is 6.99. The highest BCUT2D eigenvalue weighted by molar-refractivity contribution is 6.37. The molecule has 0 N–H and O–H groups in total. The maximum absolute atomic E-state index is 12.0. The fourth-order valence-electron chi connectivity index (χ4n) is 2.44. The van der Waals surface area contributed by atoms with Crippen molar-refractivity contribution in [2.45, 2.75) is 13.8 Å². The van der Waals surface area contributed by atoms with Crippen LogP contribution < -0.4 is 0 Å². The molecule has 3 heterocycles. The third-order valence-corrected chi connectivity index (χ3v) is 4.17. The predicted molar refractivity (Wildman–Crippen MR) is 98.6 cm³/mol. The quantitative estimate of drug-likeness (QED) is 0.647. The van der Waals surface area contributed by atoms with Crippen LogP contribution in [0.25, 0.3) is 28.4 Å². The minimum absolute atomic E-state index is 0.203. The predicted octanol–water partition coefficient (Wildman–Crippen LogP) is 4.47. The van der Waals surface area contributed by atoms with Crippen molar-refractivity contribution in [2.24, 2.45) is 0 Å². The molecule has 0 saturated carbocycles. The number of ether oxygens (including phenoxy) is 1. The highest BCUT2D eigenvalue weighted by Crippen LogP contribution is 2.28. The first kappa shape index (κ1) is 17.0. The second-order valence-electron chi connectivity index (χ2n) is 5.37. The van der Waals surface area contributed by atoms with E-state index in [-0.39, 0.29) is 17.2 Å². The fraction of sp³-hybridized carbons (Fsp3) is 0.158. The number of hydrogen-bond acceptors (Lipinski definition) is 5. The van der Waals surface area contributed by atoms with Gasteiger partial charge in [0, 0.05) is 23.7 Å². The third-order valence-electron chi connectivity index (χ3n) is 3.79. The van der Waals surface area contributed by atoms with Crippen LogP contribution in [0.2, 0.25) is 5.02 Å². The molecule has 0 radical (unpaired) electrons. The number of esters is 1. The van der Waals surface area contributed by atoms with E-state index in [0.29, 0.717) is 16.7 Å². The minimum atomic E-state index is -0.514. The smallest absolute Gasteiger partial charge is 0.341 e. The summed E-state index contributed by atoms with van der Waals surface area (Å²) >= 11 is 6.38. The molecular formula is C19H16ClN3O2. The molecule has 0 aliphatic rings. The number of hydrogen-bond donors (Lipinski definition) is 0. The summed E-state index contributed by atoms with van der Waals surface area (Å²) in [6.45, 7) is 7.71. The zero-order valence-corrected chi connectivity index (χ0v) is 14.7. The molecule has 3 rings (SSSR count). The van der Waals surface area contributed by atoms with Crippen molar-refractivity contribution in [3.05, 3.63) is 59.0 Å². The monoisotopic (exact) mass is 353 g/mol. The standard InChI is InChI=1S/C19H16ClN3O2/c1-4-12-8-13(9-21-11(12)3)15-6-7-16-18(23-15)17(20)14(10-22-16)19(24)25-5-2/h4,6-10H,1,5H2,2-3H3. The van der Waals surface area contributed by atoms with E-state index in [1.165, 1.54) is 6.20 Å². The molecular weight excluding hydrogens is 338 g/mol. The van der Waals surface area contributed by atoms with Crippen LogP contribution in [0.4, 0.5) is 0 Å². The summed E-state index contributed by atoms with van der Waals surface area (Å²) in [5.74, 6) is -0.514. The van der Waals surface area contributed by atoms with Gasteiger partial charge in [0.15, 0.2) is 0 Å². The average Bonchev–Trinajstić information content (AvgIpc) is 2.62. The lowest BCUT2D eigenvalue weighted by Gasteiger charge is -2.08. The molecule has 0 aliphatic heterocycles. The number of nitrogens with zero attached hydrogens (tertiary/aromatic N) is 3. The Balaban J connectivity index is 2.14. The summed E-state index contributed by atoms with van der Waals surface area (Å²) in [7, 11) is 0. The van der Waals surface area contributed by atoms with Gasteiger partial charge >= 0.3 is 5.97 Å². The van der Waals surface area contributed by atoms with Crippen LogP contribution in [0, 0.1) is 6.92 Å². The van der Waals surface area contributed by atoms with E-state index in [9.17, 15) is 4.79 Å². The first-order valence-electron chi connectivity index (χ1n) is 7.77. The molecule has 0 aliphatic carbocycles. The van der Waals surface area contributed by atoms with E-state index in [4.69, 9.17) is 16.3 Å². The van der Waals surface area contributed by atoms with Crippen molar-refractivity contribution < 1.29 is 9.53 Å². The number of pyridine rings is 3. The molecule has 3 aromatic heterocycles. The van der Waals surface area contributed by atoms with Gasteiger partial charge in [0.2, 0.25) is 0 Å². The number of fused-ring (bicyclic) bond motifs is 1. The molecule has 6 heteroatoms. The van der Waals surface area contributed by atoms with E-state index in [1.807, 2.05) is 25.1 Å². The van der Waals surface area contributed by atoms with Crippen molar-refractivity contribution in [1.82, 2.24) is 15.0 Å². The molecule has 5 nitrogen and oxygen atoms in total. The number of rotatable bonds is 4. The van der Waals surface area contributed by atoms with Crippen LogP contribution in [-0.2, 0) is 4.74 Å². The molecule has 0 aromatic carbocycles. The molecule has 126 valence electrons. The van der Waals surface area contributed by atoms with Crippen molar-refractivity contribution >= 4 is 34.7 Å². The van der Waals surface area contributed by atoms with Gasteiger partial charge in [-0.05, 0) is 37.6 Å². The maximum atomic E-state index is 12.0. The molecule has 0 atom stereocenters. The maximum Gasteiger partial charge on any atom is 0.341 e. The lowest BCUT2D eigenvalue weighted by molar-refractivity contribution is 0.0526. The van der Waals surface area contributed by atoms with Crippen molar-refractivity contribution in [3.63, 3.8) is 0 Å². The normalized spacial score (nSPS) is 10.7. The molecule has 0 bridgehead atoms. The van der Waals surface area contributed by atoms with Crippen molar-refractivity contribution in [3.8, 4) is 11.3 Å². The van der Waals surface area contributed by atoms with Gasteiger partial charge in [-0.3, -0.25) is 9.97 Å². The van der Waals surface area contributed by atoms with Gasteiger partial charge in [0.25, 0.3) is 0 Å². The number of carbonyl (C=O) groups is 1. The van der Waals surface area contributed by atoms with E-state index in [0.717, 1.165) is 16.8 Å². The van der Waals surface area contributed by atoms with Gasteiger partial charge in [-0.15, -0.1) is 0 Å². The molecule has 0 fully saturated rings. The molecule has 3 aromatic rings. The summed E-state index contributed by atoms with van der Waals surface area (Å²) in [6.07, 6.45) is 4.90. The van der Waals surface area contributed by atoms with Gasteiger partial charge in [-0.2, -0.15) is 0 Å². The number of halogens is 1. The summed E-state index contributed by atoms with van der Waals surface area (Å²) in [5.41, 5.74) is 4.60. The Labute approximate surface area is 150 Å². The van der Waals surface area contributed by atoms with Gasteiger partial charge < -0.3 is 4.74 Å². The Hall–Kier alpha value is -2.79. The second-order valence-corrected chi connectivity index (χ2v) is 5.75. The van der Waals surface area contributed by atoms with Crippen LogP contribution in [0.15, 0.2) is 37.2 Å². The lowest BCUT2D eigenvalue weighted by atomic mass is 10.1. The van der Waals surface area contributed by atoms with Crippen molar-refractivity contribution in [1.29, 1.82) is 0 Å². The minimum Gasteiger partial charge on any atom is -0.462 e. The van der Waals surface area contributed by atoms with Crippen LogP contribution in [0.3, 0.4) is 0 Å². The summed E-state index contributed by atoms with van der Waals surface area (Å²) < 4.78 is 5.00. The Morgan fingerprint density at radius 3 is 2.84 bits per heavy atom.